The van der Waals surface area contributed by atoms with Crippen LogP contribution in [0.4, 0.5) is 0 Å². The van der Waals surface area contributed by atoms with E-state index in [1.165, 1.54) is 31.0 Å². The molecular formula is C10H21ClN2S. The van der Waals surface area contributed by atoms with Gasteiger partial charge in [-0.25, -0.2) is 0 Å². The summed E-state index contributed by atoms with van der Waals surface area (Å²) in [5, 5.41) is 3.49. The molecule has 2 nitrogen and oxygen atoms in total. The van der Waals surface area contributed by atoms with Gasteiger partial charge in [0.2, 0.25) is 0 Å². The standard InChI is InChI=1S/C10H20N2S.ClH/c1-8-5-11-6-9(2)12(8)10-3-4-13-7-10;/h8-11H,3-7H2,1-2H3;1H. The van der Waals surface area contributed by atoms with Gasteiger partial charge in [0.15, 0.2) is 0 Å². The minimum atomic E-state index is 0. The van der Waals surface area contributed by atoms with Gasteiger partial charge < -0.3 is 5.32 Å². The predicted octanol–water partition coefficient (Wildman–Crippen LogP) is 1.60. The zero-order valence-corrected chi connectivity index (χ0v) is 10.7. The van der Waals surface area contributed by atoms with E-state index in [1.54, 1.807) is 0 Å². The van der Waals surface area contributed by atoms with Crippen LogP contribution < -0.4 is 5.32 Å². The van der Waals surface area contributed by atoms with Crippen molar-refractivity contribution in [3.8, 4) is 0 Å². The van der Waals surface area contributed by atoms with Crippen LogP contribution in [0.25, 0.3) is 0 Å². The molecule has 0 amide bonds. The molecular weight excluding hydrogens is 216 g/mol. The third-order valence-corrected chi connectivity index (χ3v) is 4.37. The fourth-order valence-electron chi connectivity index (χ4n) is 2.62. The fraction of sp³-hybridized carbons (Fsp3) is 1.00. The summed E-state index contributed by atoms with van der Waals surface area (Å²) in [5.74, 6) is 2.72. The summed E-state index contributed by atoms with van der Waals surface area (Å²) >= 11 is 2.12. The number of nitrogens with zero attached hydrogens (tertiary/aromatic N) is 1. The van der Waals surface area contributed by atoms with E-state index < -0.39 is 0 Å². The highest BCUT2D eigenvalue weighted by atomic mass is 35.5. The number of halogens is 1. The van der Waals surface area contributed by atoms with Gasteiger partial charge in [-0.15, -0.1) is 12.4 Å². The third kappa shape index (κ3) is 2.57. The zero-order chi connectivity index (χ0) is 9.26. The smallest absolute Gasteiger partial charge is 0.0200 e. The van der Waals surface area contributed by atoms with Crippen LogP contribution in [0.5, 0.6) is 0 Å². The lowest BCUT2D eigenvalue weighted by molar-refractivity contribution is 0.0778. The number of hydrogen-bond acceptors (Lipinski definition) is 3. The molecule has 84 valence electrons. The van der Waals surface area contributed by atoms with E-state index in [1.807, 2.05) is 0 Å². The van der Waals surface area contributed by atoms with Crippen LogP contribution in [0.1, 0.15) is 20.3 Å². The average molecular weight is 237 g/mol. The monoisotopic (exact) mass is 236 g/mol. The van der Waals surface area contributed by atoms with E-state index in [-0.39, 0.29) is 12.4 Å². The second-order valence-electron chi connectivity index (χ2n) is 4.32. The largest absolute Gasteiger partial charge is 0.314 e. The molecule has 0 radical (unpaired) electrons. The van der Waals surface area contributed by atoms with Gasteiger partial charge in [0.25, 0.3) is 0 Å². The number of rotatable bonds is 1. The molecule has 2 aliphatic heterocycles. The molecule has 2 heterocycles. The van der Waals surface area contributed by atoms with Crippen molar-refractivity contribution >= 4 is 24.2 Å². The summed E-state index contributed by atoms with van der Waals surface area (Å²) in [6.45, 7) is 7.05. The van der Waals surface area contributed by atoms with Crippen LogP contribution in [0, 0.1) is 0 Å². The summed E-state index contributed by atoms with van der Waals surface area (Å²) in [4.78, 5) is 2.73. The van der Waals surface area contributed by atoms with Gasteiger partial charge in [-0.2, -0.15) is 11.8 Å². The lowest BCUT2D eigenvalue weighted by Crippen LogP contribution is -2.58. The Morgan fingerprint density at radius 1 is 1.21 bits per heavy atom. The Balaban J connectivity index is 0.000000980. The first-order valence-corrected chi connectivity index (χ1v) is 6.50. The molecule has 1 N–H and O–H groups in total. The molecule has 3 atom stereocenters. The highest BCUT2D eigenvalue weighted by molar-refractivity contribution is 7.99. The molecule has 0 saturated carbocycles. The Labute approximate surface area is 97.6 Å². The van der Waals surface area contributed by atoms with Gasteiger partial charge in [-0.3, -0.25) is 4.90 Å². The van der Waals surface area contributed by atoms with Gasteiger partial charge in [0.05, 0.1) is 0 Å². The van der Waals surface area contributed by atoms with E-state index in [4.69, 9.17) is 0 Å². The first-order chi connectivity index (χ1) is 6.29. The van der Waals surface area contributed by atoms with Crippen molar-refractivity contribution in [2.24, 2.45) is 0 Å². The highest BCUT2D eigenvalue weighted by Crippen LogP contribution is 2.26. The van der Waals surface area contributed by atoms with Crippen molar-refractivity contribution in [3.63, 3.8) is 0 Å². The molecule has 2 rings (SSSR count). The second-order valence-corrected chi connectivity index (χ2v) is 5.47. The van der Waals surface area contributed by atoms with Crippen LogP contribution in [-0.4, -0.2) is 47.6 Å². The van der Waals surface area contributed by atoms with Crippen LogP contribution in [0.2, 0.25) is 0 Å². The summed E-state index contributed by atoms with van der Waals surface area (Å²) < 4.78 is 0. The van der Waals surface area contributed by atoms with Crippen molar-refractivity contribution in [1.29, 1.82) is 0 Å². The molecule has 0 bridgehead atoms. The molecule has 2 saturated heterocycles. The fourth-order valence-corrected chi connectivity index (χ4v) is 3.84. The summed E-state index contributed by atoms with van der Waals surface area (Å²) in [5.41, 5.74) is 0. The molecule has 2 aliphatic rings. The molecule has 0 aromatic rings. The van der Waals surface area contributed by atoms with Crippen LogP contribution >= 0.6 is 24.2 Å². The van der Waals surface area contributed by atoms with Crippen molar-refractivity contribution in [1.82, 2.24) is 10.2 Å². The van der Waals surface area contributed by atoms with Gasteiger partial charge in [-0.1, -0.05) is 0 Å². The predicted molar refractivity (Wildman–Crippen MR) is 66.6 cm³/mol. The molecule has 4 heteroatoms. The van der Waals surface area contributed by atoms with E-state index >= 15 is 0 Å². The average Bonchev–Trinajstić information content (AvgIpc) is 2.57. The molecule has 0 aliphatic carbocycles. The van der Waals surface area contributed by atoms with E-state index in [0.29, 0.717) is 0 Å². The van der Waals surface area contributed by atoms with Crippen molar-refractivity contribution in [3.05, 3.63) is 0 Å². The maximum atomic E-state index is 3.49. The molecule has 3 unspecified atom stereocenters. The van der Waals surface area contributed by atoms with Crippen LogP contribution in [0.3, 0.4) is 0 Å². The normalized spacial score (nSPS) is 39.4. The first-order valence-electron chi connectivity index (χ1n) is 5.35. The van der Waals surface area contributed by atoms with Gasteiger partial charge in [0.1, 0.15) is 0 Å². The second kappa shape index (κ2) is 5.59. The number of piperazine rings is 1. The van der Waals surface area contributed by atoms with Gasteiger partial charge >= 0.3 is 0 Å². The third-order valence-electron chi connectivity index (χ3n) is 3.22. The molecule has 2 fully saturated rings. The molecule has 0 aromatic carbocycles. The molecule has 0 spiro atoms. The SMILES string of the molecule is CC1CNCC(C)N1C1CCSC1.Cl. The Morgan fingerprint density at radius 3 is 2.36 bits per heavy atom. The Kier molecular flexibility index (Phi) is 5.04. The van der Waals surface area contributed by atoms with Gasteiger partial charge in [-0.05, 0) is 26.0 Å². The number of hydrogen-bond donors (Lipinski definition) is 1. The topological polar surface area (TPSA) is 15.3 Å². The summed E-state index contributed by atoms with van der Waals surface area (Å²) in [6, 6.07) is 2.32. The minimum Gasteiger partial charge on any atom is -0.314 e. The maximum absolute atomic E-state index is 3.49. The molecule has 14 heavy (non-hydrogen) atoms. The minimum absolute atomic E-state index is 0. The van der Waals surface area contributed by atoms with E-state index in [0.717, 1.165) is 18.1 Å². The van der Waals surface area contributed by atoms with Gasteiger partial charge in [0, 0.05) is 37.0 Å². The van der Waals surface area contributed by atoms with Crippen molar-refractivity contribution in [2.75, 3.05) is 24.6 Å². The Morgan fingerprint density at radius 2 is 1.86 bits per heavy atom. The van der Waals surface area contributed by atoms with Crippen molar-refractivity contribution in [2.45, 2.75) is 38.4 Å². The lowest BCUT2D eigenvalue weighted by atomic mass is 10.1. The lowest BCUT2D eigenvalue weighted by Gasteiger charge is -2.43. The first kappa shape index (κ1) is 12.6. The zero-order valence-electron chi connectivity index (χ0n) is 9.03. The number of nitrogens with one attached hydrogen (secondary N) is 1. The highest BCUT2D eigenvalue weighted by Gasteiger charge is 2.32. The van der Waals surface area contributed by atoms with Crippen molar-refractivity contribution < 1.29 is 0 Å². The Hall–Kier alpha value is 0.560. The van der Waals surface area contributed by atoms with Crippen LogP contribution in [0.15, 0.2) is 0 Å². The van der Waals surface area contributed by atoms with Crippen LogP contribution in [-0.2, 0) is 0 Å². The summed E-state index contributed by atoms with van der Waals surface area (Å²) in [7, 11) is 0. The summed E-state index contributed by atoms with van der Waals surface area (Å²) in [6.07, 6.45) is 1.40. The maximum Gasteiger partial charge on any atom is 0.0200 e. The quantitative estimate of drug-likeness (QED) is 0.745. The molecule has 0 aromatic heterocycles. The van der Waals surface area contributed by atoms with E-state index in [2.05, 4.69) is 35.8 Å². The number of thioether (sulfide) groups is 1. The Bertz CT molecular complexity index is 164. The van der Waals surface area contributed by atoms with E-state index in [9.17, 15) is 0 Å².